The van der Waals surface area contributed by atoms with Crippen LogP contribution in [0.1, 0.15) is 140 Å². The van der Waals surface area contributed by atoms with Gasteiger partial charge in [0.2, 0.25) is 65.5 Å². The number of aliphatic hydroxyl groups is 10. The summed E-state index contributed by atoms with van der Waals surface area (Å²) < 4.78 is 57.3. The number of ether oxygens (including phenoxy) is 9. The van der Waals surface area contributed by atoms with E-state index in [4.69, 9.17) is 65.8 Å². The van der Waals surface area contributed by atoms with Crippen molar-refractivity contribution >= 4 is 82.2 Å². The molecule has 42 nitrogen and oxygen atoms in total. The van der Waals surface area contributed by atoms with E-state index >= 15 is 24.0 Å². The number of carbonyl (C=O) groups excluding carboxylic acids is 9. The van der Waals surface area contributed by atoms with Gasteiger partial charge in [0.15, 0.2) is 35.3 Å². The number of hydrogen-bond donors (Lipinski definition) is 23. The van der Waals surface area contributed by atoms with Crippen molar-refractivity contribution in [2.24, 2.45) is 5.92 Å². The van der Waals surface area contributed by atoms with Gasteiger partial charge in [0, 0.05) is 54.2 Å². The van der Waals surface area contributed by atoms with E-state index in [2.05, 4.69) is 56.4 Å². The maximum Gasteiger partial charge on any atom is 0.330 e. The molecular weight excluding hydrogens is 1800 g/mol. The number of aliphatic hydroxyl groups excluding tert-OH is 10. The molecule has 44 heteroatoms. The van der Waals surface area contributed by atoms with Crippen molar-refractivity contribution in [2.45, 2.75) is 206 Å². The Morgan fingerprint density at radius 3 is 1.69 bits per heavy atom. The normalized spacial score (nSPS) is 28.2. The monoisotopic (exact) mass is 1890 g/mol. The molecule has 133 heavy (non-hydrogen) atoms. The standard InChI is InChI=1S/C89H96Cl2N8O34/c1-34(2)9-7-5-4-6-8-10-61(108)94-68-75(114)72(111)59(32-101)130-88(68)133-79-56-26-41-27-57(79)127-53-18-14-39(24-48(53)91)78(132-87-67(92-35(3)103)74(113)71(110)58(31-100)129-87)69-84(121)98-66(86(123)124)46-29-43(105)30-55(128-89-77(116)76(115)73(112)60(33-102)131-89)62(46)45-23-37(12-15-50(45)106)63(81(118)99-69)96-83(120)65(41)97-82(119)64-40-21-42(104)28-44(22-40)125-54-25-38(13-16-51(54)107)70(109)85(122)93-49(80(117)95-64)20-36-11-17-52(126-56)47(90)19-36/h11-19,21-30,34,49,58-60,63-69,71-78,87-89,100-102,104-107,110-116H,4-10,20,31-33H2,1-3H3,(H,92,103)(H,93,122)(H,94,108)(H,95,117)(H,96,120)(H,97,119)(H,98,121)(H,99,118)(H,123,124)/t49-,58-,59-,60-,63-,64+,65-,66+,67-,68-,69+,71-,72-,73-,74-,75-,76+,77+,78-,87+,88+,89+/m1/s1. The molecule has 3 fully saturated rings. The molecule has 0 spiro atoms. The Labute approximate surface area is 764 Å². The van der Waals surface area contributed by atoms with E-state index in [0.29, 0.717) is 18.8 Å². The van der Waals surface area contributed by atoms with E-state index in [1.807, 2.05) is 0 Å². The number of ketones is 1. The Balaban J connectivity index is 1.03. The number of carboxylic acid groups (broad SMARTS) is 1. The van der Waals surface area contributed by atoms with Crippen LogP contribution in [0.15, 0.2) is 115 Å². The number of fused-ring (bicyclic) bond motifs is 14. The van der Waals surface area contributed by atoms with Crippen LogP contribution in [0.4, 0.5) is 0 Å². The Morgan fingerprint density at radius 2 is 1.06 bits per heavy atom. The molecule has 710 valence electrons. The highest BCUT2D eigenvalue weighted by Gasteiger charge is 2.52. The number of aromatic hydroxyl groups is 4. The predicted octanol–water partition coefficient (Wildman–Crippen LogP) is 1.59. The largest absolute Gasteiger partial charge is 0.508 e. The Bertz CT molecular complexity index is 5630. The smallest absolute Gasteiger partial charge is 0.330 e. The number of unbranched alkanes of at least 4 members (excludes halogenated alkanes) is 4. The average Bonchev–Trinajstić information content (AvgIpc) is 0.755. The number of benzene rings is 7. The molecule has 23 N–H and O–H groups in total. The van der Waals surface area contributed by atoms with Gasteiger partial charge in [0.05, 0.1) is 29.9 Å². The number of Topliss-reactive ketones (excluding diaryl/α,β-unsaturated/α-hetero) is 1. The summed E-state index contributed by atoms with van der Waals surface area (Å²) in [6, 6.07) is 1.03. The first-order valence-electron chi connectivity index (χ1n) is 42.2. The molecule has 16 rings (SSSR count). The van der Waals surface area contributed by atoms with Crippen molar-refractivity contribution in [1.82, 2.24) is 42.5 Å². The van der Waals surface area contributed by atoms with E-state index in [-0.39, 0.29) is 28.3 Å². The lowest BCUT2D eigenvalue weighted by Gasteiger charge is -2.44. The highest BCUT2D eigenvalue weighted by molar-refractivity contribution is 6.43. The lowest BCUT2D eigenvalue weighted by molar-refractivity contribution is -0.284. The molecule has 7 aromatic carbocycles. The Kier molecular flexibility index (Phi) is 29.8. The molecule has 9 aliphatic heterocycles. The number of rotatable bonds is 20. The van der Waals surface area contributed by atoms with Gasteiger partial charge in [-0.25, -0.2) is 4.79 Å². The number of carbonyl (C=O) groups is 10. The fraction of sp³-hybridized carbons (Fsp3) is 0.416. The van der Waals surface area contributed by atoms with E-state index in [1.54, 1.807) is 0 Å². The van der Waals surface area contributed by atoms with Gasteiger partial charge in [-0.2, -0.15) is 0 Å². The minimum absolute atomic E-state index is 0.0926. The van der Waals surface area contributed by atoms with Crippen LogP contribution in [-0.4, -0.2) is 260 Å². The third kappa shape index (κ3) is 21.2. The van der Waals surface area contributed by atoms with Gasteiger partial charge in [-0.05, 0) is 125 Å². The van der Waals surface area contributed by atoms with Gasteiger partial charge in [-0.3, -0.25) is 43.2 Å². The maximum atomic E-state index is 17.0. The number of carboxylic acids is 1. The summed E-state index contributed by atoms with van der Waals surface area (Å²) in [5.41, 5.74) is -4.40. The topological polar surface area (TPSA) is 653 Å². The lowest BCUT2D eigenvalue weighted by atomic mass is 9.89. The molecule has 17 bridgehead atoms. The van der Waals surface area contributed by atoms with Crippen LogP contribution in [0.2, 0.25) is 10.0 Å². The minimum Gasteiger partial charge on any atom is -0.508 e. The molecule has 9 heterocycles. The minimum atomic E-state index is -2.60. The number of hydrogen-bond acceptors (Lipinski definition) is 33. The number of phenolic OH excluding ortho intramolecular Hbond substituents is 4. The molecule has 22 atom stereocenters. The van der Waals surface area contributed by atoms with Gasteiger partial charge in [-0.1, -0.05) is 87.4 Å². The zero-order chi connectivity index (χ0) is 95.6. The van der Waals surface area contributed by atoms with E-state index < -0.39 is 327 Å². The van der Waals surface area contributed by atoms with Crippen molar-refractivity contribution in [3.63, 3.8) is 0 Å². The highest BCUT2D eigenvalue weighted by Crippen LogP contribution is 2.51. The molecule has 7 aromatic rings. The molecular formula is C89H96Cl2N8O34. The van der Waals surface area contributed by atoms with E-state index in [1.165, 1.54) is 18.2 Å². The molecule has 0 radical (unpaired) electrons. The van der Waals surface area contributed by atoms with Crippen LogP contribution in [0, 0.1) is 5.92 Å². The molecule has 9 aliphatic rings. The molecule has 8 amide bonds. The van der Waals surface area contributed by atoms with Crippen LogP contribution in [0.5, 0.6) is 69.0 Å². The zero-order valence-electron chi connectivity index (χ0n) is 70.7. The number of amides is 8. The van der Waals surface area contributed by atoms with Crippen molar-refractivity contribution < 1.29 is 167 Å². The van der Waals surface area contributed by atoms with Crippen LogP contribution in [-0.2, 0) is 68.5 Å². The number of nitrogens with one attached hydrogen (secondary N) is 8. The Morgan fingerprint density at radius 1 is 0.496 bits per heavy atom. The number of aliphatic carboxylic acids is 1. The first-order valence-corrected chi connectivity index (χ1v) is 43.0. The zero-order valence-corrected chi connectivity index (χ0v) is 72.3. The van der Waals surface area contributed by atoms with Gasteiger partial charge in [0.25, 0.3) is 5.91 Å². The van der Waals surface area contributed by atoms with Crippen molar-refractivity contribution in [3.05, 3.63) is 164 Å². The summed E-state index contributed by atoms with van der Waals surface area (Å²) in [6.45, 7) is 1.99. The average molecular weight is 1890 g/mol. The first kappa shape index (κ1) is 96.7. The van der Waals surface area contributed by atoms with Crippen LogP contribution in [0.25, 0.3) is 11.1 Å². The summed E-state index contributed by atoms with van der Waals surface area (Å²) in [6.07, 6.45) is -25.1. The second kappa shape index (κ2) is 41.0. The summed E-state index contributed by atoms with van der Waals surface area (Å²) >= 11 is 14.7. The van der Waals surface area contributed by atoms with Crippen LogP contribution in [0.3, 0.4) is 0 Å². The molecule has 0 unspecified atom stereocenters. The van der Waals surface area contributed by atoms with Crippen LogP contribution < -0.4 is 66.2 Å². The first-order chi connectivity index (χ1) is 63.4. The fourth-order valence-corrected chi connectivity index (χ4v) is 17.0. The highest BCUT2D eigenvalue weighted by atomic mass is 35.5. The molecule has 3 saturated heterocycles. The third-order valence-electron chi connectivity index (χ3n) is 23.4. The second-order valence-corrected chi connectivity index (χ2v) is 34.1. The molecule has 0 saturated carbocycles. The summed E-state index contributed by atoms with van der Waals surface area (Å²) in [7, 11) is 0. The third-order valence-corrected chi connectivity index (χ3v) is 24.0. The van der Waals surface area contributed by atoms with Gasteiger partial charge in [0.1, 0.15) is 150 Å². The van der Waals surface area contributed by atoms with Crippen molar-refractivity contribution in [2.75, 3.05) is 19.8 Å². The second-order valence-electron chi connectivity index (χ2n) is 33.3. The predicted molar refractivity (Wildman–Crippen MR) is 455 cm³/mol. The van der Waals surface area contributed by atoms with Gasteiger partial charge in [-0.15, -0.1) is 0 Å². The van der Waals surface area contributed by atoms with Crippen LogP contribution >= 0.6 is 23.2 Å². The van der Waals surface area contributed by atoms with E-state index in [0.717, 1.165) is 130 Å². The van der Waals surface area contributed by atoms with Crippen molar-refractivity contribution in [1.29, 1.82) is 0 Å². The van der Waals surface area contributed by atoms with E-state index in [9.17, 15) is 101 Å². The quantitative estimate of drug-likeness (QED) is 0.0380. The summed E-state index contributed by atoms with van der Waals surface area (Å²) in [4.78, 5) is 152. The number of phenols is 4. The number of halogens is 2. The summed E-state index contributed by atoms with van der Waals surface area (Å²) in [5.74, 6) is -21.5. The summed E-state index contributed by atoms with van der Waals surface area (Å²) in [5, 5.41) is 190. The van der Waals surface area contributed by atoms with Gasteiger partial charge >= 0.3 is 5.97 Å². The molecule has 0 aromatic heterocycles. The lowest BCUT2D eigenvalue weighted by Crippen LogP contribution is -2.65. The SMILES string of the molecule is CC(=O)N[C@H]1[C@H](O[C@@H]2c3ccc(c(Cl)c3)Oc3cc4cc(c3O[C@@H]3O[C@H](CO)[C@@H](O)[C@H](O)[C@H]3NC(=O)CCCCCCCC(C)C)Oc3ccc(cc3Cl)C[C@H]3NC(=O)C(=O)c5ccc(O)c(c5)Oc5cc(O)cc(c5)[C@H](NC3=O)C(=O)N[C@H]4C(=O)N[C@H]3C(=O)N[C@@H]2C(=O)N[C@H](C(=O)O)c2cc(O)cc(O[C@H]4O[C@H](CO)[C@@H](O)[C@H](O)[C@@H]4O)c2-c2cc3ccc2O)O[C@H](CO)[C@@H](O)[C@@H]1O. The molecule has 0 aliphatic carbocycles. The van der Waals surface area contributed by atoms with Gasteiger partial charge < -0.3 is 162 Å². The fourth-order valence-electron chi connectivity index (χ4n) is 16.5. The van der Waals surface area contributed by atoms with Crippen molar-refractivity contribution in [3.8, 4) is 80.1 Å². The Hall–Kier alpha value is -12.3. The maximum absolute atomic E-state index is 17.0.